The van der Waals surface area contributed by atoms with Crippen LogP contribution in [0.25, 0.3) is 0 Å². The Hall–Kier alpha value is -2.33. The van der Waals surface area contributed by atoms with E-state index in [1.807, 2.05) is 0 Å². The molecule has 5 heteroatoms. The van der Waals surface area contributed by atoms with Crippen LogP contribution in [0.4, 0.5) is 0 Å². The first-order chi connectivity index (χ1) is 9.41. The van der Waals surface area contributed by atoms with E-state index in [0.717, 1.165) is 0 Å². The lowest BCUT2D eigenvalue weighted by Crippen LogP contribution is -2.21. The molecule has 0 saturated carbocycles. The zero-order valence-corrected chi connectivity index (χ0v) is 11.2. The highest BCUT2D eigenvalue weighted by molar-refractivity contribution is 6.39. The van der Waals surface area contributed by atoms with Crippen LogP contribution in [0.2, 0.25) is 5.02 Å². The van der Waals surface area contributed by atoms with Crippen LogP contribution in [0.15, 0.2) is 24.3 Å². The van der Waals surface area contributed by atoms with Crippen LogP contribution in [-0.2, 0) is 0 Å². The van der Waals surface area contributed by atoms with Crippen molar-refractivity contribution < 1.29 is 19.8 Å². The summed E-state index contributed by atoms with van der Waals surface area (Å²) in [7, 11) is 0. The number of benzene rings is 2. The van der Waals surface area contributed by atoms with E-state index in [0.29, 0.717) is 5.56 Å². The standard InChI is InChI=1S/C15H9ClO4/c1-6-4-10(16)11-12(13(6)18)14(19)8-3-2-7(17)5-9(8)15(11)20/h2-5,17-18H,1H3. The van der Waals surface area contributed by atoms with Gasteiger partial charge in [-0.1, -0.05) is 11.6 Å². The SMILES string of the molecule is Cc1cc(Cl)c2c(c1O)C(=O)c1ccc(O)cc1C2=O. The van der Waals surface area contributed by atoms with Crippen LogP contribution in [0, 0.1) is 6.92 Å². The smallest absolute Gasteiger partial charge is 0.198 e. The molecular formula is C15H9ClO4. The predicted molar refractivity (Wildman–Crippen MR) is 72.8 cm³/mol. The van der Waals surface area contributed by atoms with Crippen molar-refractivity contribution in [1.82, 2.24) is 0 Å². The molecular weight excluding hydrogens is 280 g/mol. The molecule has 0 unspecified atom stereocenters. The Balaban J connectivity index is 2.41. The third-order valence-corrected chi connectivity index (χ3v) is 3.69. The first-order valence-electron chi connectivity index (χ1n) is 5.86. The van der Waals surface area contributed by atoms with Crippen molar-refractivity contribution >= 4 is 23.2 Å². The molecule has 0 heterocycles. The molecule has 0 amide bonds. The molecule has 0 spiro atoms. The van der Waals surface area contributed by atoms with Crippen molar-refractivity contribution in [3.8, 4) is 11.5 Å². The molecule has 2 aromatic rings. The molecule has 0 radical (unpaired) electrons. The molecule has 0 aliphatic heterocycles. The van der Waals surface area contributed by atoms with E-state index in [1.54, 1.807) is 6.92 Å². The molecule has 2 N–H and O–H groups in total. The fraction of sp³-hybridized carbons (Fsp3) is 0.0667. The zero-order valence-electron chi connectivity index (χ0n) is 10.4. The highest BCUT2D eigenvalue weighted by atomic mass is 35.5. The maximum atomic E-state index is 12.4. The molecule has 2 aromatic carbocycles. The van der Waals surface area contributed by atoms with E-state index in [9.17, 15) is 19.8 Å². The third kappa shape index (κ3) is 1.55. The molecule has 0 bridgehead atoms. The number of halogens is 1. The van der Waals surface area contributed by atoms with Crippen LogP contribution >= 0.6 is 11.6 Å². The van der Waals surface area contributed by atoms with Gasteiger partial charge >= 0.3 is 0 Å². The Morgan fingerprint density at radius 2 is 1.60 bits per heavy atom. The van der Waals surface area contributed by atoms with E-state index >= 15 is 0 Å². The number of fused-ring (bicyclic) bond motifs is 2. The number of hydrogen-bond donors (Lipinski definition) is 2. The van der Waals surface area contributed by atoms with Crippen LogP contribution in [0.3, 0.4) is 0 Å². The predicted octanol–water partition coefficient (Wildman–Crippen LogP) is 2.84. The molecule has 3 rings (SSSR count). The number of rotatable bonds is 0. The number of phenols is 2. The van der Waals surface area contributed by atoms with Gasteiger partial charge in [0.25, 0.3) is 0 Å². The van der Waals surface area contributed by atoms with Crippen LogP contribution in [-0.4, -0.2) is 21.8 Å². The minimum absolute atomic E-state index is 0.0159. The quantitative estimate of drug-likeness (QED) is 0.667. The largest absolute Gasteiger partial charge is 0.508 e. The molecule has 100 valence electrons. The van der Waals surface area contributed by atoms with Gasteiger partial charge in [-0.15, -0.1) is 0 Å². The summed E-state index contributed by atoms with van der Waals surface area (Å²) in [4.78, 5) is 24.9. The summed E-state index contributed by atoms with van der Waals surface area (Å²) in [6.07, 6.45) is 0. The number of aromatic hydroxyl groups is 2. The molecule has 1 aliphatic rings. The Morgan fingerprint density at radius 3 is 2.30 bits per heavy atom. The molecule has 0 atom stereocenters. The molecule has 0 fully saturated rings. The minimum atomic E-state index is -0.481. The topological polar surface area (TPSA) is 74.6 Å². The fourth-order valence-corrected chi connectivity index (χ4v) is 2.74. The third-order valence-electron chi connectivity index (χ3n) is 3.39. The average molecular weight is 289 g/mol. The Labute approximate surface area is 119 Å². The summed E-state index contributed by atoms with van der Waals surface area (Å²) >= 11 is 6.04. The number of ketones is 2. The number of carbonyl (C=O) groups excluding carboxylic acids is 2. The van der Waals surface area contributed by atoms with Crippen molar-refractivity contribution in [2.75, 3.05) is 0 Å². The fourth-order valence-electron chi connectivity index (χ4n) is 2.40. The summed E-state index contributed by atoms with van der Waals surface area (Å²) in [5.74, 6) is -1.30. The van der Waals surface area contributed by atoms with E-state index < -0.39 is 11.6 Å². The zero-order chi connectivity index (χ0) is 14.6. The Kier molecular flexibility index (Phi) is 2.59. The van der Waals surface area contributed by atoms with E-state index in [4.69, 9.17) is 11.6 Å². The van der Waals surface area contributed by atoms with Crippen molar-refractivity contribution in [1.29, 1.82) is 0 Å². The van der Waals surface area contributed by atoms with Gasteiger partial charge in [-0.3, -0.25) is 9.59 Å². The van der Waals surface area contributed by atoms with Crippen LogP contribution in [0.1, 0.15) is 37.4 Å². The highest BCUT2D eigenvalue weighted by Crippen LogP contribution is 2.39. The summed E-state index contributed by atoms with van der Waals surface area (Å²) in [5, 5.41) is 19.6. The molecule has 1 aliphatic carbocycles. The van der Waals surface area contributed by atoms with Crippen molar-refractivity contribution in [2.24, 2.45) is 0 Å². The minimum Gasteiger partial charge on any atom is -0.508 e. The lowest BCUT2D eigenvalue weighted by Gasteiger charge is -2.20. The molecule has 20 heavy (non-hydrogen) atoms. The second-order valence-electron chi connectivity index (χ2n) is 4.66. The van der Waals surface area contributed by atoms with Gasteiger partial charge in [-0.25, -0.2) is 0 Å². The van der Waals surface area contributed by atoms with Gasteiger partial charge in [0.05, 0.1) is 16.1 Å². The summed E-state index contributed by atoms with van der Waals surface area (Å²) in [6, 6.07) is 5.35. The van der Waals surface area contributed by atoms with E-state index in [2.05, 4.69) is 0 Å². The molecule has 4 nitrogen and oxygen atoms in total. The number of hydrogen-bond acceptors (Lipinski definition) is 4. The van der Waals surface area contributed by atoms with Crippen molar-refractivity contribution in [3.63, 3.8) is 0 Å². The van der Waals surface area contributed by atoms with Gasteiger partial charge in [0.1, 0.15) is 11.5 Å². The van der Waals surface area contributed by atoms with Gasteiger partial charge in [-0.05, 0) is 36.8 Å². The first-order valence-corrected chi connectivity index (χ1v) is 6.24. The lowest BCUT2D eigenvalue weighted by molar-refractivity contribution is 0.0976. The monoisotopic (exact) mass is 288 g/mol. The summed E-state index contributed by atoms with van der Waals surface area (Å²) in [6.45, 7) is 1.60. The summed E-state index contributed by atoms with van der Waals surface area (Å²) < 4.78 is 0. The average Bonchev–Trinajstić information content (AvgIpc) is 2.40. The molecule has 0 aromatic heterocycles. The van der Waals surface area contributed by atoms with Gasteiger partial charge in [-0.2, -0.15) is 0 Å². The maximum absolute atomic E-state index is 12.4. The number of carbonyl (C=O) groups is 2. The summed E-state index contributed by atoms with van der Waals surface area (Å²) in [5.41, 5.74) is 0.582. The Morgan fingerprint density at radius 1 is 0.950 bits per heavy atom. The second kappa shape index (κ2) is 4.08. The van der Waals surface area contributed by atoms with Gasteiger partial charge in [0.15, 0.2) is 11.6 Å². The van der Waals surface area contributed by atoms with Crippen LogP contribution < -0.4 is 0 Å². The van der Waals surface area contributed by atoms with Gasteiger partial charge < -0.3 is 10.2 Å². The first kappa shape index (κ1) is 12.7. The lowest BCUT2D eigenvalue weighted by atomic mass is 9.82. The highest BCUT2D eigenvalue weighted by Gasteiger charge is 2.34. The van der Waals surface area contributed by atoms with Crippen molar-refractivity contribution in [2.45, 2.75) is 6.92 Å². The van der Waals surface area contributed by atoms with Crippen molar-refractivity contribution in [3.05, 3.63) is 57.1 Å². The van der Waals surface area contributed by atoms with Gasteiger partial charge in [0, 0.05) is 11.1 Å². The normalized spacial score (nSPS) is 13.1. The molecule has 0 saturated heterocycles. The maximum Gasteiger partial charge on any atom is 0.198 e. The van der Waals surface area contributed by atoms with E-state index in [-0.39, 0.29) is 38.8 Å². The number of phenolic OH excluding ortho intramolecular Hbond substituents is 2. The van der Waals surface area contributed by atoms with Gasteiger partial charge in [0.2, 0.25) is 0 Å². The van der Waals surface area contributed by atoms with Crippen LogP contribution in [0.5, 0.6) is 11.5 Å². The Bertz CT molecular complexity index is 791. The van der Waals surface area contributed by atoms with E-state index in [1.165, 1.54) is 24.3 Å². The second-order valence-corrected chi connectivity index (χ2v) is 5.07. The number of aryl methyl sites for hydroxylation is 1.